The first kappa shape index (κ1) is 14.9. The second kappa shape index (κ2) is 5.83. The number of aryl methyl sites for hydroxylation is 1. The number of nitrogens with zero attached hydrogens (tertiary/aromatic N) is 1. The molecule has 2 rings (SSSR count). The van der Waals surface area contributed by atoms with Crippen molar-refractivity contribution in [1.29, 1.82) is 0 Å². The molecule has 1 aliphatic heterocycles. The Hall–Kier alpha value is -1.55. The van der Waals surface area contributed by atoms with Crippen LogP contribution in [0.4, 0.5) is 4.39 Å². The zero-order valence-corrected chi connectivity index (χ0v) is 10.4. The molecule has 8 nitrogen and oxygen atoms in total. The van der Waals surface area contributed by atoms with Crippen molar-refractivity contribution in [2.24, 2.45) is 0 Å². The van der Waals surface area contributed by atoms with Gasteiger partial charge in [-0.3, -0.25) is 9.18 Å². The van der Waals surface area contributed by atoms with Crippen molar-refractivity contribution in [2.75, 3.05) is 13.3 Å². The first-order valence-corrected chi connectivity index (χ1v) is 6.02. The number of halogens is 1. The molecule has 0 amide bonds. The van der Waals surface area contributed by atoms with Gasteiger partial charge in [0.15, 0.2) is 6.23 Å². The molecule has 1 saturated heterocycles. The maximum atomic E-state index is 12.3. The van der Waals surface area contributed by atoms with Gasteiger partial charge in [0, 0.05) is 18.2 Å². The summed E-state index contributed by atoms with van der Waals surface area (Å²) in [5.74, 6) is 0. The highest BCUT2D eigenvalue weighted by atomic mass is 19.1. The van der Waals surface area contributed by atoms with Crippen molar-refractivity contribution in [2.45, 2.75) is 31.0 Å². The monoisotopic (exact) mass is 290 g/mol. The van der Waals surface area contributed by atoms with Crippen molar-refractivity contribution >= 4 is 0 Å². The number of aliphatic hydroxyl groups excluding tert-OH is 3. The number of alkyl halides is 1. The number of hydrogen-bond acceptors (Lipinski definition) is 6. The van der Waals surface area contributed by atoms with Gasteiger partial charge in [0.25, 0.3) is 5.56 Å². The normalized spacial score (nSPS) is 29.8. The predicted octanol–water partition coefficient (Wildman–Crippen LogP) is -2.34. The molecule has 112 valence electrons. The summed E-state index contributed by atoms with van der Waals surface area (Å²) >= 11 is 0. The largest absolute Gasteiger partial charge is 0.394 e. The van der Waals surface area contributed by atoms with Crippen LogP contribution in [0.3, 0.4) is 0 Å². The zero-order chi connectivity index (χ0) is 14.9. The van der Waals surface area contributed by atoms with E-state index in [1.807, 2.05) is 0 Å². The van der Waals surface area contributed by atoms with Gasteiger partial charge in [-0.2, -0.15) is 0 Å². The Morgan fingerprint density at radius 2 is 2.05 bits per heavy atom. The van der Waals surface area contributed by atoms with E-state index in [1.165, 1.54) is 0 Å². The third-order valence-electron chi connectivity index (χ3n) is 3.22. The van der Waals surface area contributed by atoms with Crippen molar-refractivity contribution < 1.29 is 24.4 Å². The molecule has 20 heavy (non-hydrogen) atoms. The second-order valence-electron chi connectivity index (χ2n) is 4.46. The Morgan fingerprint density at radius 3 is 2.60 bits per heavy atom. The molecule has 0 saturated carbocycles. The maximum absolute atomic E-state index is 12.3. The molecular weight excluding hydrogens is 275 g/mol. The van der Waals surface area contributed by atoms with Gasteiger partial charge < -0.3 is 25.0 Å². The van der Waals surface area contributed by atoms with Crippen LogP contribution in [0.15, 0.2) is 15.8 Å². The predicted molar refractivity (Wildman–Crippen MR) is 64.0 cm³/mol. The van der Waals surface area contributed by atoms with Crippen molar-refractivity contribution in [3.8, 4) is 0 Å². The lowest BCUT2D eigenvalue weighted by molar-refractivity contribution is -0.0566. The summed E-state index contributed by atoms with van der Waals surface area (Å²) in [6.07, 6.45) is -4.61. The molecule has 0 bridgehead atoms. The van der Waals surface area contributed by atoms with E-state index in [-0.39, 0.29) is 12.0 Å². The van der Waals surface area contributed by atoms with Gasteiger partial charge in [0.1, 0.15) is 18.3 Å². The van der Waals surface area contributed by atoms with Crippen molar-refractivity contribution in [3.05, 3.63) is 32.6 Å². The topological polar surface area (TPSA) is 125 Å². The van der Waals surface area contributed by atoms with Gasteiger partial charge in [0.05, 0.1) is 13.3 Å². The standard InChI is InChI=1S/C11H15FN2O6/c12-2-1-5-3-13-11(19)14(9(5)18)10-8(17)7(16)6(4-15)20-10/h3,6-8,10,15-17H,1-2,4H2,(H,13,19)/t6-,7-,8+,10?/m1/s1. The Morgan fingerprint density at radius 1 is 1.35 bits per heavy atom. The summed E-state index contributed by atoms with van der Waals surface area (Å²) in [5.41, 5.74) is -1.64. The number of rotatable bonds is 4. The Bertz CT molecular complexity index is 585. The minimum Gasteiger partial charge on any atom is -0.394 e. The molecule has 4 N–H and O–H groups in total. The van der Waals surface area contributed by atoms with Crippen LogP contribution in [0.1, 0.15) is 11.8 Å². The minimum atomic E-state index is -1.55. The highest BCUT2D eigenvalue weighted by molar-refractivity contribution is 5.06. The molecule has 0 aromatic carbocycles. The van der Waals surface area contributed by atoms with Crippen LogP contribution in [0.25, 0.3) is 0 Å². The Kier molecular flexibility index (Phi) is 4.33. The van der Waals surface area contributed by atoms with E-state index in [2.05, 4.69) is 4.98 Å². The second-order valence-corrected chi connectivity index (χ2v) is 4.46. The molecule has 2 heterocycles. The molecule has 1 aromatic heterocycles. The summed E-state index contributed by atoms with van der Waals surface area (Å²) in [6.45, 7) is -1.36. The zero-order valence-electron chi connectivity index (χ0n) is 10.4. The molecule has 0 aliphatic carbocycles. The summed E-state index contributed by atoms with van der Waals surface area (Å²) in [5, 5.41) is 28.4. The van der Waals surface area contributed by atoms with Crippen LogP contribution in [-0.2, 0) is 11.2 Å². The molecule has 1 fully saturated rings. The van der Waals surface area contributed by atoms with Crippen LogP contribution in [0, 0.1) is 0 Å². The average Bonchev–Trinajstić information content (AvgIpc) is 2.70. The van der Waals surface area contributed by atoms with Gasteiger partial charge in [0.2, 0.25) is 0 Å². The first-order valence-electron chi connectivity index (χ1n) is 6.02. The van der Waals surface area contributed by atoms with Gasteiger partial charge in [-0.25, -0.2) is 9.36 Å². The van der Waals surface area contributed by atoms with E-state index in [0.717, 1.165) is 6.20 Å². The number of aliphatic hydroxyl groups is 3. The van der Waals surface area contributed by atoms with Crippen LogP contribution >= 0.6 is 0 Å². The fourth-order valence-electron chi connectivity index (χ4n) is 2.13. The van der Waals surface area contributed by atoms with E-state index in [9.17, 15) is 24.2 Å². The Labute approximate surface area is 112 Å². The number of H-pyrrole nitrogens is 1. The van der Waals surface area contributed by atoms with E-state index in [1.54, 1.807) is 0 Å². The summed E-state index contributed by atoms with van der Waals surface area (Å²) in [7, 11) is 0. The minimum absolute atomic E-state index is 0.0184. The maximum Gasteiger partial charge on any atom is 0.330 e. The van der Waals surface area contributed by atoms with E-state index in [4.69, 9.17) is 9.84 Å². The molecule has 0 radical (unpaired) electrons. The lowest BCUT2D eigenvalue weighted by atomic mass is 10.1. The summed E-state index contributed by atoms with van der Waals surface area (Å²) < 4.78 is 18.0. The lowest BCUT2D eigenvalue weighted by Gasteiger charge is -2.17. The molecule has 1 aliphatic rings. The van der Waals surface area contributed by atoms with E-state index >= 15 is 0 Å². The molecule has 1 unspecified atom stereocenters. The fraction of sp³-hybridized carbons (Fsp3) is 0.636. The van der Waals surface area contributed by atoms with Crippen molar-refractivity contribution in [1.82, 2.24) is 9.55 Å². The van der Waals surface area contributed by atoms with Gasteiger partial charge in [-0.05, 0) is 0 Å². The smallest absolute Gasteiger partial charge is 0.330 e. The van der Waals surface area contributed by atoms with Gasteiger partial charge in [-0.15, -0.1) is 0 Å². The number of aromatic amines is 1. The molecule has 9 heteroatoms. The SMILES string of the molecule is O=c1[nH]cc(CCF)c(=O)n1C1O[C@H](CO)[C@@H](O)[C@@H]1O. The van der Waals surface area contributed by atoms with E-state index < -0.39 is 49.1 Å². The van der Waals surface area contributed by atoms with Crippen LogP contribution in [0.5, 0.6) is 0 Å². The molecule has 1 aromatic rings. The van der Waals surface area contributed by atoms with E-state index in [0.29, 0.717) is 4.57 Å². The van der Waals surface area contributed by atoms with Crippen LogP contribution in [-0.4, -0.2) is 56.5 Å². The highest BCUT2D eigenvalue weighted by Gasteiger charge is 2.44. The molecular formula is C11H15FN2O6. The quantitative estimate of drug-likeness (QED) is 0.492. The van der Waals surface area contributed by atoms with Crippen LogP contribution in [0.2, 0.25) is 0 Å². The number of ether oxygens (including phenoxy) is 1. The first-order chi connectivity index (χ1) is 9.51. The van der Waals surface area contributed by atoms with Crippen molar-refractivity contribution in [3.63, 3.8) is 0 Å². The summed E-state index contributed by atoms with van der Waals surface area (Å²) in [4.78, 5) is 26.0. The highest BCUT2D eigenvalue weighted by Crippen LogP contribution is 2.27. The van der Waals surface area contributed by atoms with Crippen LogP contribution < -0.4 is 11.2 Å². The third-order valence-corrected chi connectivity index (χ3v) is 3.22. The van der Waals surface area contributed by atoms with Gasteiger partial charge in [-0.1, -0.05) is 0 Å². The Balaban J connectivity index is 2.45. The number of nitrogens with one attached hydrogen (secondary N) is 1. The van der Waals surface area contributed by atoms with Gasteiger partial charge >= 0.3 is 5.69 Å². The number of hydrogen-bond donors (Lipinski definition) is 4. The average molecular weight is 290 g/mol. The number of aromatic nitrogens is 2. The third kappa shape index (κ3) is 2.40. The molecule has 0 spiro atoms. The fourth-order valence-corrected chi connectivity index (χ4v) is 2.13. The summed E-state index contributed by atoms with van der Waals surface area (Å²) in [6, 6.07) is 0. The molecule has 4 atom stereocenters. The lowest BCUT2D eigenvalue weighted by Crippen LogP contribution is -2.43.